The Hall–Kier alpha value is -0.940. The van der Waals surface area contributed by atoms with Crippen molar-refractivity contribution in [1.82, 2.24) is 20.1 Å². The van der Waals surface area contributed by atoms with Gasteiger partial charge in [0, 0.05) is 31.5 Å². The van der Waals surface area contributed by atoms with Gasteiger partial charge in [-0.05, 0) is 19.4 Å². The lowest BCUT2D eigenvalue weighted by Crippen LogP contribution is -2.31. The number of hydrogen-bond donors (Lipinski definition) is 2. The van der Waals surface area contributed by atoms with Gasteiger partial charge in [0.2, 0.25) is 0 Å². The van der Waals surface area contributed by atoms with E-state index in [1.54, 1.807) is 0 Å². The van der Waals surface area contributed by atoms with Crippen molar-refractivity contribution in [2.45, 2.75) is 37.8 Å². The van der Waals surface area contributed by atoms with Crippen LogP contribution in [0.1, 0.15) is 30.4 Å². The smallest absolute Gasteiger partial charge is 0.155 e. The van der Waals surface area contributed by atoms with Gasteiger partial charge in [0.25, 0.3) is 0 Å². The van der Waals surface area contributed by atoms with Crippen LogP contribution in [0.4, 0.5) is 0 Å². The van der Waals surface area contributed by atoms with Crippen LogP contribution >= 0.6 is 0 Å². The van der Waals surface area contributed by atoms with E-state index in [9.17, 15) is 0 Å². The van der Waals surface area contributed by atoms with Gasteiger partial charge in [-0.25, -0.2) is 9.67 Å². The Morgan fingerprint density at radius 2 is 2.33 bits per heavy atom. The maximum absolute atomic E-state index is 5.92. The molecule has 1 aromatic heterocycles. The first-order chi connectivity index (χ1) is 7.33. The van der Waals surface area contributed by atoms with Crippen LogP contribution in [0.25, 0.3) is 0 Å². The highest BCUT2D eigenvalue weighted by Gasteiger charge is 2.25. The van der Waals surface area contributed by atoms with Crippen LogP contribution in [-0.2, 0) is 13.0 Å². The van der Waals surface area contributed by atoms with Gasteiger partial charge < -0.3 is 11.1 Å². The molecule has 0 aromatic carbocycles. The molecule has 0 amide bonds. The monoisotopic (exact) mass is 207 g/mol. The van der Waals surface area contributed by atoms with E-state index < -0.39 is 0 Å². The van der Waals surface area contributed by atoms with Crippen LogP contribution in [0.5, 0.6) is 0 Å². The lowest BCUT2D eigenvalue weighted by Gasteiger charge is -2.17. The molecule has 3 N–H and O–H groups in total. The first-order valence-corrected chi connectivity index (χ1v) is 5.73. The molecule has 0 aliphatic carbocycles. The number of rotatable bonds is 1. The Morgan fingerprint density at radius 1 is 1.40 bits per heavy atom. The van der Waals surface area contributed by atoms with Crippen molar-refractivity contribution in [3.8, 4) is 0 Å². The Kier molecular flexibility index (Phi) is 2.21. The van der Waals surface area contributed by atoms with Crippen molar-refractivity contribution in [2.24, 2.45) is 5.73 Å². The molecule has 0 radical (unpaired) electrons. The van der Waals surface area contributed by atoms with Crippen molar-refractivity contribution in [1.29, 1.82) is 0 Å². The summed E-state index contributed by atoms with van der Waals surface area (Å²) in [7, 11) is 0. The molecular formula is C10H17N5. The molecular weight excluding hydrogens is 190 g/mol. The zero-order valence-corrected chi connectivity index (χ0v) is 8.82. The van der Waals surface area contributed by atoms with Crippen LogP contribution in [0.15, 0.2) is 0 Å². The molecule has 5 heteroatoms. The number of hydrogen-bond acceptors (Lipinski definition) is 4. The standard InChI is InChI=1S/C10H17N5/c11-8-2-4-15-9(5-8)13-10(14-15)7-1-3-12-6-7/h7-8,12H,1-6,11H2. The summed E-state index contributed by atoms with van der Waals surface area (Å²) < 4.78 is 2.04. The van der Waals surface area contributed by atoms with Crippen molar-refractivity contribution < 1.29 is 0 Å². The molecule has 1 fully saturated rings. The van der Waals surface area contributed by atoms with Crippen molar-refractivity contribution in [2.75, 3.05) is 13.1 Å². The van der Waals surface area contributed by atoms with E-state index in [0.717, 1.165) is 50.5 Å². The third-order valence-corrected chi connectivity index (χ3v) is 3.35. The number of nitrogens with one attached hydrogen (secondary N) is 1. The van der Waals surface area contributed by atoms with Gasteiger partial charge in [-0.1, -0.05) is 0 Å². The van der Waals surface area contributed by atoms with Gasteiger partial charge in [-0.3, -0.25) is 0 Å². The van der Waals surface area contributed by atoms with Gasteiger partial charge >= 0.3 is 0 Å². The van der Waals surface area contributed by atoms with Gasteiger partial charge in [0.15, 0.2) is 5.82 Å². The van der Waals surface area contributed by atoms with E-state index in [4.69, 9.17) is 5.73 Å². The van der Waals surface area contributed by atoms with E-state index in [1.165, 1.54) is 0 Å². The van der Waals surface area contributed by atoms with Crippen LogP contribution < -0.4 is 11.1 Å². The molecule has 5 nitrogen and oxygen atoms in total. The minimum absolute atomic E-state index is 0.274. The molecule has 0 saturated carbocycles. The molecule has 2 unspecified atom stereocenters. The Morgan fingerprint density at radius 3 is 3.13 bits per heavy atom. The minimum Gasteiger partial charge on any atom is -0.327 e. The molecule has 2 atom stereocenters. The summed E-state index contributed by atoms with van der Waals surface area (Å²) in [6, 6.07) is 0.274. The fourth-order valence-corrected chi connectivity index (χ4v) is 2.40. The second-order valence-corrected chi connectivity index (χ2v) is 4.55. The average molecular weight is 207 g/mol. The maximum Gasteiger partial charge on any atom is 0.155 e. The van der Waals surface area contributed by atoms with Crippen molar-refractivity contribution in [3.63, 3.8) is 0 Å². The molecule has 0 bridgehead atoms. The fraction of sp³-hybridized carbons (Fsp3) is 0.800. The molecule has 15 heavy (non-hydrogen) atoms. The predicted octanol–water partition coefficient (Wildman–Crippen LogP) is -0.372. The van der Waals surface area contributed by atoms with Crippen molar-refractivity contribution in [3.05, 3.63) is 11.6 Å². The Bertz CT molecular complexity index is 353. The maximum atomic E-state index is 5.92. The summed E-state index contributed by atoms with van der Waals surface area (Å²) in [5, 5.41) is 7.92. The Labute approximate surface area is 89.1 Å². The number of aryl methyl sites for hydroxylation is 1. The molecule has 1 aromatic rings. The number of nitrogens with two attached hydrogens (primary N) is 1. The van der Waals surface area contributed by atoms with Gasteiger partial charge in [-0.2, -0.15) is 5.10 Å². The summed E-state index contributed by atoms with van der Waals surface area (Å²) in [6.07, 6.45) is 3.07. The van der Waals surface area contributed by atoms with Crippen LogP contribution in [0.3, 0.4) is 0 Å². The SMILES string of the molecule is NC1CCn2nc(C3CCNC3)nc2C1. The molecule has 3 heterocycles. The van der Waals surface area contributed by atoms with E-state index in [0.29, 0.717) is 5.92 Å². The predicted molar refractivity (Wildman–Crippen MR) is 56.5 cm³/mol. The van der Waals surface area contributed by atoms with Gasteiger partial charge in [-0.15, -0.1) is 0 Å². The van der Waals surface area contributed by atoms with E-state index in [-0.39, 0.29) is 6.04 Å². The number of nitrogens with zero attached hydrogens (tertiary/aromatic N) is 3. The average Bonchev–Trinajstić information content (AvgIpc) is 2.84. The second kappa shape index (κ2) is 3.57. The normalized spacial score (nSPS) is 30.5. The summed E-state index contributed by atoms with van der Waals surface area (Å²) >= 11 is 0. The van der Waals surface area contributed by atoms with E-state index >= 15 is 0 Å². The van der Waals surface area contributed by atoms with Gasteiger partial charge in [0.1, 0.15) is 5.82 Å². The summed E-state index contributed by atoms with van der Waals surface area (Å²) in [5.41, 5.74) is 5.92. The molecule has 2 aliphatic heterocycles. The molecule has 1 saturated heterocycles. The third kappa shape index (κ3) is 1.66. The number of fused-ring (bicyclic) bond motifs is 1. The summed E-state index contributed by atoms with van der Waals surface area (Å²) in [6.45, 7) is 3.05. The van der Waals surface area contributed by atoms with Crippen molar-refractivity contribution >= 4 is 0 Å². The highest BCUT2D eigenvalue weighted by Crippen LogP contribution is 2.21. The first kappa shape index (κ1) is 9.30. The largest absolute Gasteiger partial charge is 0.327 e. The first-order valence-electron chi connectivity index (χ1n) is 5.73. The fourth-order valence-electron chi connectivity index (χ4n) is 2.40. The lowest BCUT2D eigenvalue weighted by molar-refractivity contribution is 0.431. The number of aromatic nitrogens is 3. The topological polar surface area (TPSA) is 68.8 Å². The quantitative estimate of drug-likeness (QED) is 0.659. The van der Waals surface area contributed by atoms with E-state index in [1.807, 2.05) is 4.68 Å². The summed E-state index contributed by atoms with van der Waals surface area (Å²) in [4.78, 5) is 4.62. The molecule has 82 valence electrons. The molecule has 0 spiro atoms. The zero-order chi connectivity index (χ0) is 10.3. The molecule has 3 rings (SSSR count). The second-order valence-electron chi connectivity index (χ2n) is 4.55. The summed E-state index contributed by atoms with van der Waals surface area (Å²) in [5.74, 6) is 2.61. The molecule has 2 aliphatic rings. The highest BCUT2D eigenvalue weighted by atomic mass is 15.4. The highest BCUT2D eigenvalue weighted by molar-refractivity contribution is 5.05. The minimum atomic E-state index is 0.274. The lowest BCUT2D eigenvalue weighted by atomic mass is 10.1. The Balaban J connectivity index is 1.85. The van der Waals surface area contributed by atoms with Crippen LogP contribution in [0.2, 0.25) is 0 Å². The zero-order valence-electron chi connectivity index (χ0n) is 8.82. The van der Waals surface area contributed by atoms with E-state index in [2.05, 4.69) is 15.4 Å². The van der Waals surface area contributed by atoms with Crippen LogP contribution in [-0.4, -0.2) is 33.9 Å². The van der Waals surface area contributed by atoms with Crippen LogP contribution in [0, 0.1) is 0 Å². The van der Waals surface area contributed by atoms with Gasteiger partial charge in [0.05, 0.1) is 0 Å². The third-order valence-electron chi connectivity index (χ3n) is 3.35.